The standard InChI is InChI=1S/C25H25BrN4O3/c1-25(2)21(22(25)24(31)32)23-27-19-9-8-18(33-14-17-10-11-29(3)28-17)12-20(19)30(23)13-15-4-6-16(26)7-5-15/h4-12,21-22H,13-14H2,1-3H3,(H,31,32)/t21-,22-/m1/s1. The number of aromatic nitrogens is 4. The summed E-state index contributed by atoms with van der Waals surface area (Å²) in [5.41, 5.74) is 3.38. The molecular formula is C25H25BrN4O3. The molecule has 1 N–H and O–H groups in total. The second-order valence-corrected chi connectivity index (χ2v) is 10.1. The second kappa shape index (κ2) is 8.02. The van der Waals surface area contributed by atoms with Gasteiger partial charge in [-0.25, -0.2) is 4.98 Å². The van der Waals surface area contributed by atoms with Crippen LogP contribution in [0.5, 0.6) is 5.75 Å². The van der Waals surface area contributed by atoms with Crippen LogP contribution < -0.4 is 4.74 Å². The van der Waals surface area contributed by atoms with Gasteiger partial charge in [0.25, 0.3) is 0 Å². The lowest BCUT2D eigenvalue weighted by Gasteiger charge is -2.11. The van der Waals surface area contributed by atoms with Gasteiger partial charge in [0.1, 0.15) is 18.2 Å². The van der Waals surface area contributed by atoms with E-state index in [1.54, 1.807) is 4.68 Å². The van der Waals surface area contributed by atoms with Gasteiger partial charge >= 0.3 is 5.97 Å². The average molecular weight is 509 g/mol. The van der Waals surface area contributed by atoms with Gasteiger partial charge in [-0.3, -0.25) is 9.48 Å². The van der Waals surface area contributed by atoms with E-state index >= 15 is 0 Å². The Morgan fingerprint density at radius 2 is 1.94 bits per heavy atom. The number of carboxylic acids is 1. The van der Waals surface area contributed by atoms with Crippen LogP contribution in [0.15, 0.2) is 59.2 Å². The molecule has 4 aromatic rings. The van der Waals surface area contributed by atoms with Gasteiger partial charge in [-0.05, 0) is 41.3 Å². The van der Waals surface area contributed by atoms with E-state index in [2.05, 4.69) is 37.7 Å². The number of imidazole rings is 1. The highest BCUT2D eigenvalue weighted by Crippen LogP contribution is 2.64. The fraction of sp³-hybridized carbons (Fsp3) is 0.320. The fourth-order valence-corrected chi connectivity index (χ4v) is 4.93. The highest BCUT2D eigenvalue weighted by atomic mass is 79.9. The Balaban J connectivity index is 1.54. The molecule has 0 radical (unpaired) electrons. The van der Waals surface area contributed by atoms with Gasteiger partial charge in [0, 0.05) is 36.2 Å². The van der Waals surface area contributed by atoms with Crippen molar-refractivity contribution in [2.75, 3.05) is 0 Å². The maximum atomic E-state index is 11.9. The average Bonchev–Trinajstić information content (AvgIpc) is 3.03. The van der Waals surface area contributed by atoms with Crippen molar-refractivity contribution < 1.29 is 14.6 Å². The molecule has 8 heteroatoms. The Bertz CT molecular complexity index is 1340. The number of fused-ring (bicyclic) bond motifs is 1. The minimum absolute atomic E-state index is 0.143. The monoisotopic (exact) mass is 508 g/mol. The number of carbonyl (C=O) groups is 1. The third-order valence-corrected chi connectivity index (χ3v) is 7.06. The summed E-state index contributed by atoms with van der Waals surface area (Å²) in [6.07, 6.45) is 1.89. The predicted octanol–water partition coefficient (Wildman–Crippen LogP) is 4.98. The third-order valence-electron chi connectivity index (χ3n) is 6.53. The predicted molar refractivity (Wildman–Crippen MR) is 128 cm³/mol. The van der Waals surface area contributed by atoms with Crippen LogP contribution in [0.3, 0.4) is 0 Å². The Hall–Kier alpha value is -3.13. The first-order chi connectivity index (χ1) is 15.7. The minimum atomic E-state index is -0.772. The molecule has 0 bridgehead atoms. The molecule has 2 heterocycles. The topological polar surface area (TPSA) is 82.2 Å². The van der Waals surface area contributed by atoms with Crippen LogP contribution in [0.4, 0.5) is 0 Å². The van der Waals surface area contributed by atoms with Gasteiger partial charge in [0.15, 0.2) is 0 Å². The zero-order valence-corrected chi connectivity index (χ0v) is 20.3. The maximum absolute atomic E-state index is 11.9. The van der Waals surface area contributed by atoms with Crippen LogP contribution in [0.1, 0.15) is 36.8 Å². The van der Waals surface area contributed by atoms with Gasteiger partial charge in [0.2, 0.25) is 0 Å². The first-order valence-corrected chi connectivity index (χ1v) is 11.6. The molecule has 170 valence electrons. The number of carboxylic acid groups (broad SMARTS) is 1. The number of hydrogen-bond donors (Lipinski definition) is 1. The smallest absolute Gasteiger partial charge is 0.307 e. The summed E-state index contributed by atoms with van der Waals surface area (Å²) in [6.45, 7) is 4.97. The largest absolute Gasteiger partial charge is 0.487 e. The maximum Gasteiger partial charge on any atom is 0.307 e. The van der Waals surface area contributed by atoms with E-state index in [0.29, 0.717) is 13.2 Å². The second-order valence-electron chi connectivity index (χ2n) is 9.22. The molecule has 1 aliphatic carbocycles. The van der Waals surface area contributed by atoms with Gasteiger partial charge in [-0.1, -0.05) is 41.9 Å². The van der Waals surface area contributed by atoms with Crippen LogP contribution >= 0.6 is 15.9 Å². The molecular weight excluding hydrogens is 484 g/mol. The Morgan fingerprint density at radius 1 is 1.18 bits per heavy atom. The number of aliphatic carboxylic acids is 1. The number of ether oxygens (including phenoxy) is 1. The molecule has 0 amide bonds. The van der Waals surface area contributed by atoms with Crippen molar-refractivity contribution in [3.8, 4) is 5.75 Å². The van der Waals surface area contributed by atoms with E-state index in [0.717, 1.165) is 38.3 Å². The summed E-state index contributed by atoms with van der Waals surface area (Å²) in [4.78, 5) is 16.8. The Labute approximate surface area is 200 Å². The van der Waals surface area contributed by atoms with Crippen LogP contribution in [-0.2, 0) is 25.0 Å². The number of aryl methyl sites for hydroxylation is 1. The zero-order valence-electron chi connectivity index (χ0n) is 18.7. The van der Waals surface area contributed by atoms with E-state index < -0.39 is 11.9 Å². The Kier molecular flexibility index (Phi) is 5.28. The van der Waals surface area contributed by atoms with Crippen LogP contribution in [0, 0.1) is 11.3 Å². The first kappa shape index (κ1) is 21.7. The molecule has 33 heavy (non-hydrogen) atoms. The molecule has 2 aromatic heterocycles. The Morgan fingerprint density at radius 3 is 2.58 bits per heavy atom. The fourth-order valence-electron chi connectivity index (χ4n) is 4.66. The lowest BCUT2D eigenvalue weighted by molar-refractivity contribution is -0.139. The van der Waals surface area contributed by atoms with E-state index in [9.17, 15) is 9.90 Å². The molecule has 1 fully saturated rings. The van der Waals surface area contributed by atoms with Crippen molar-refractivity contribution in [1.29, 1.82) is 0 Å². The molecule has 0 spiro atoms. The van der Waals surface area contributed by atoms with Crippen molar-refractivity contribution >= 4 is 32.9 Å². The summed E-state index contributed by atoms with van der Waals surface area (Å²) >= 11 is 3.49. The lowest BCUT2D eigenvalue weighted by atomic mass is 10.1. The van der Waals surface area contributed by atoms with Crippen molar-refractivity contribution in [2.45, 2.75) is 32.9 Å². The number of nitrogens with zero attached hydrogens (tertiary/aromatic N) is 4. The van der Waals surface area contributed by atoms with Gasteiger partial charge < -0.3 is 14.4 Å². The quantitative estimate of drug-likeness (QED) is 0.380. The highest BCUT2D eigenvalue weighted by molar-refractivity contribution is 9.10. The number of hydrogen-bond acceptors (Lipinski definition) is 4. The van der Waals surface area contributed by atoms with Gasteiger partial charge in [-0.15, -0.1) is 0 Å². The summed E-state index contributed by atoms with van der Waals surface area (Å²) in [5.74, 6) is 0.175. The van der Waals surface area contributed by atoms with Gasteiger partial charge in [0.05, 0.1) is 22.6 Å². The zero-order chi connectivity index (χ0) is 23.3. The third kappa shape index (κ3) is 4.04. The SMILES string of the molecule is Cn1ccc(COc2ccc3nc([C@H]4[C@H](C(=O)O)C4(C)C)n(Cc4ccc(Br)cc4)c3c2)n1. The van der Waals surface area contributed by atoms with Crippen LogP contribution in [-0.4, -0.2) is 30.4 Å². The molecule has 0 aliphatic heterocycles. The molecule has 0 unspecified atom stereocenters. The molecule has 1 aliphatic rings. The minimum Gasteiger partial charge on any atom is -0.487 e. The van der Waals surface area contributed by atoms with E-state index in [4.69, 9.17) is 9.72 Å². The van der Waals surface area contributed by atoms with Crippen LogP contribution in [0.25, 0.3) is 11.0 Å². The summed E-state index contributed by atoms with van der Waals surface area (Å²) in [5, 5.41) is 14.1. The molecule has 7 nitrogen and oxygen atoms in total. The van der Waals surface area contributed by atoms with Gasteiger partial charge in [-0.2, -0.15) is 5.10 Å². The molecule has 2 atom stereocenters. The van der Waals surface area contributed by atoms with Crippen LogP contribution in [0.2, 0.25) is 0 Å². The van der Waals surface area contributed by atoms with E-state index in [-0.39, 0.29) is 11.3 Å². The van der Waals surface area contributed by atoms with Crippen molar-refractivity contribution in [3.63, 3.8) is 0 Å². The van der Waals surface area contributed by atoms with Crippen molar-refractivity contribution in [2.24, 2.45) is 18.4 Å². The first-order valence-electron chi connectivity index (χ1n) is 10.8. The highest BCUT2D eigenvalue weighted by Gasteiger charge is 2.64. The summed E-state index contributed by atoms with van der Waals surface area (Å²) < 4.78 is 10.9. The molecule has 1 saturated carbocycles. The number of rotatable bonds is 7. The van der Waals surface area contributed by atoms with Crippen molar-refractivity contribution in [3.05, 3.63) is 76.3 Å². The van der Waals surface area contributed by atoms with E-state index in [1.165, 1.54) is 0 Å². The molecule has 2 aromatic carbocycles. The summed E-state index contributed by atoms with van der Waals surface area (Å²) in [7, 11) is 1.88. The normalized spacial score (nSPS) is 19.0. The summed E-state index contributed by atoms with van der Waals surface area (Å²) in [6, 6.07) is 15.9. The van der Waals surface area contributed by atoms with Crippen molar-refractivity contribution in [1.82, 2.24) is 19.3 Å². The number of benzene rings is 2. The molecule has 0 saturated heterocycles. The molecule has 5 rings (SSSR count). The number of halogens is 1. The lowest BCUT2D eigenvalue weighted by Crippen LogP contribution is -2.07. The van der Waals surface area contributed by atoms with E-state index in [1.807, 2.05) is 63.5 Å².